The highest BCUT2D eigenvalue weighted by Crippen LogP contribution is 2.36. The molecular weight excluding hydrogens is 188 g/mol. The molecule has 0 aliphatic carbocycles. The summed E-state index contributed by atoms with van der Waals surface area (Å²) < 4.78 is 1.95. The quantitative estimate of drug-likeness (QED) is 0.812. The van der Waals surface area contributed by atoms with Crippen molar-refractivity contribution in [2.75, 3.05) is 13.1 Å². The van der Waals surface area contributed by atoms with Gasteiger partial charge >= 0.3 is 0 Å². The summed E-state index contributed by atoms with van der Waals surface area (Å²) in [5.41, 5.74) is 0.269. The highest BCUT2D eigenvalue weighted by Gasteiger charge is 2.36. The third-order valence-electron chi connectivity index (χ3n) is 3.47. The van der Waals surface area contributed by atoms with E-state index in [1.165, 1.54) is 31.5 Å². The molecule has 0 saturated carbocycles. The van der Waals surface area contributed by atoms with Crippen molar-refractivity contribution in [1.82, 2.24) is 20.1 Å². The maximum absolute atomic E-state index is 4.45. The van der Waals surface area contributed by atoms with Gasteiger partial charge in [-0.25, -0.2) is 4.98 Å². The molecule has 0 spiro atoms. The molecule has 2 heterocycles. The molecule has 0 amide bonds. The van der Waals surface area contributed by atoms with Crippen LogP contribution in [0.25, 0.3) is 0 Å². The third-order valence-corrected chi connectivity index (χ3v) is 3.47. The van der Waals surface area contributed by atoms with Crippen molar-refractivity contribution < 1.29 is 0 Å². The van der Waals surface area contributed by atoms with Crippen LogP contribution in [-0.4, -0.2) is 27.9 Å². The first-order chi connectivity index (χ1) is 7.28. The Balaban J connectivity index is 2.29. The fourth-order valence-corrected chi connectivity index (χ4v) is 2.75. The van der Waals surface area contributed by atoms with E-state index in [1.807, 2.05) is 11.7 Å². The molecule has 1 fully saturated rings. The summed E-state index contributed by atoms with van der Waals surface area (Å²) in [5, 5.41) is 7.63. The molecule has 0 bridgehead atoms. The molecule has 1 saturated heterocycles. The van der Waals surface area contributed by atoms with Gasteiger partial charge in [-0.05, 0) is 32.4 Å². The monoisotopic (exact) mass is 208 g/mol. The van der Waals surface area contributed by atoms with Gasteiger partial charge in [-0.1, -0.05) is 13.3 Å². The topological polar surface area (TPSA) is 42.7 Å². The highest BCUT2D eigenvalue weighted by atomic mass is 15.3. The number of nitrogens with zero attached hydrogens (tertiary/aromatic N) is 3. The maximum Gasteiger partial charge on any atom is 0.138 e. The molecule has 1 N–H and O–H groups in total. The minimum atomic E-state index is 0.269. The van der Waals surface area contributed by atoms with Gasteiger partial charge in [0.05, 0.1) is 0 Å². The van der Waals surface area contributed by atoms with E-state index in [2.05, 4.69) is 22.3 Å². The molecule has 84 valence electrons. The smallest absolute Gasteiger partial charge is 0.138 e. The number of rotatable bonds is 3. The zero-order chi connectivity index (χ0) is 10.7. The molecule has 15 heavy (non-hydrogen) atoms. The van der Waals surface area contributed by atoms with Gasteiger partial charge in [-0.15, -0.1) is 0 Å². The van der Waals surface area contributed by atoms with Gasteiger partial charge < -0.3 is 5.32 Å². The molecule has 1 aromatic rings. The summed E-state index contributed by atoms with van der Waals surface area (Å²) in [7, 11) is 2.00. The predicted octanol–water partition coefficient (Wildman–Crippen LogP) is 1.24. The maximum atomic E-state index is 4.45. The van der Waals surface area contributed by atoms with Crippen molar-refractivity contribution in [2.24, 2.45) is 7.05 Å². The van der Waals surface area contributed by atoms with Crippen LogP contribution in [0.4, 0.5) is 0 Å². The normalized spacial score (nSPS) is 20.4. The summed E-state index contributed by atoms with van der Waals surface area (Å²) in [4.78, 5) is 4.45. The number of hydrogen-bond donors (Lipinski definition) is 1. The Morgan fingerprint density at radius 3 is 2.73 bits per heavy atom. The predicted molar refractivity (Wildman–Crippen MR) is 59.7 cm³/mol. The second kappa shape index (κ2) is 4.31. The van der Waals surface area contributed by atoms with Crippen LogP contribution in [0, 0.1) is 0 Å². The summed E-state index contributed by atoms with van der Waals surface area (Å²) in [6, 6.07) is 0. The Hall–Kier alpha value is -0.900. The van der Waals surface area contributed by atoms with Crippen LogP contribution >= 0.6 is 0 Å². The molecule has 0 radical (unpaired) electrons. The molecule has 1 aromatic heterocycles. The van der Waals surface area contributed by atoms with Gasteiger partial charge in [0.1, 0.15) is 12.2 Å². The number of piperidine rings is 1. The van der Waals surface area contributed by atoms with E-state index in [0.717, 1.165) is 13.1 Å². The lowest BCUT2D eigenvalue weighted by atomic mass is 9.74. The van der Waals surface area contributed by atoms with Gasteiger partial charge in [0.25, 0.3) is 0 Å². The lowest BCUT2D eigenvalue weighted by molar-refractivity contribution is 0.262. The summed E-state index contributed by atoms with van der Waals surface area (Å²) in [6.45, 7) is 4.46. The van der Waals surface area contributed by atoms with Crippen molar-refractivity contribution >= 4 is 0 Å². The average Bonchev–Trinajstić information content (AvgIpc) is 2.67. The standard InChI is InChI=1S/C11H20N4/c1-3-4-11(5-7-12-8-6-11)10-13-9-14-15(10)2/h9,12H,3-8H2,1-2H3. The minimum absolute atomic E-state index is 0.269. The average molecular weight is 208 g/mol. The number of aromatic nitrogens is 3. The highest BCUT2D eigenvalue weighted by molar-refractivity contribution is 5.09. The molecule has 4 nitrogen and oxygen atoms in total. The van der Waals surface area contributed by atoms with Gasteiger partial charge in [0.2, 0.25) is 0 Å². The molecule has 0 aromatic carbocycles. The van der Waals surface area contributed by atoms with E-state index < -0.39 is 0 Å². The Morgan fingerprint density at radius 2 is 2.20 bits per heavy atom. The van der Waals surface area contributed by atoms with Crippen LogP contribution < -0.4 is 5.32 Å². The first-order valence-corrected chi connectivity index (χ1v) is 5.84. The van der Waals surface area contributed by atoms with E-state index in [4.69, 9.17) is 0 Å². The Labute approximate surface area is 91.1 Å². The van der Waals surface area contributed by atoms with Crippen LogP contribution in [0.3, 0.4) is 0 Å². The van der Waals surface area contributed by atoms with Crippen LogP contribution in [0.2, 0.25) is 0 Å². The van der Waals surface area contributed by atoms with E-state index >= 15 is 0 Å². The lowest BCUT2D eigenvalue weighted by Gasteiger charge is -2.36. The van der Waals surface area contributed by atoms with Crippen molar-refractivity contribution in [3.8, 4) is 0 Å². The molecule has 0 atom stereocenters. The molecule has 1 aliphatic heterocycles. The van der Waals surface area contributed by atoms with Crippen LogP contribution in [0.5, 0.6) is 0 Å². The summed E-state index contributed by atoms with van der Waals surface area (Å²) in [5.74, 6) is 1.17. The minimum Gasteiger partial charge on any atom is -0.317 e. The molecule has 1 aliphatic rings. The molecule has 2 rings (SSSR count). The van der Waals surface area contributed by atoms with Gasteiger partial charge in [-0.3, -0.25) is 4.68 Å². The zero-order valence-corrected chi connectivity index (χ0v) is 9.66. The molecular formula is C11H20N4. The molecule has 4 heteroatoms. The van der Waals surface area contributed by atoms with Crippen LogP contribution in [0.15, 0.2) is 6.33 Å². The number of nitrogens with one attached hydrogen (secondary N) is 1. The largest absolute Gasteiger partial charge is 0.317 e. The SMILES string of the molecule is CCCC1(c2ncnn2C)CCNCC1. The van der Waals surface area contributed by atoms with E-state index in [9.17, 15) is 0 Å². The Morgan fingerprint density at radius 1 is 1.47 bits per heavy atom. The van der Waals surface area contributed by atoms with Gasteiger partial charge in [0.15, 0.2) is 0 Å². The zero-order valence-electron chi connectivity index (χ0n) is 9.66. The number of aryl methyl sites for hydroxylation is 1. The first-order valence-electron chi connectivity index (χ1n) is 5.84. The van der Waals surface area contributed by atoms with Gasteiger partial charge in [0, 0.05) is 12.5 Å². The van der Waals surface area contributed by atoms with Gasteiger partial charge in [-0.2, -0.15) is 5.10 Å². The van der Waals surface area contributed by atoms with E-state index in [1.54, 1.807) is 6.33 Å². The van der Waals surface area contributed by atoms with Crippen molar-refractivity contribution in [3.63, 3.8) is 0 Å². The van der Waals surface area contributed by atoms with E-state index in [0.29, 0.717) is 0 Å². The van der Waals surface area contributed by atoms with E-state index in [-0.39, 0.29) is 5.41 Å². The summed E-state index contributed by atoms with van der Waals surface area (Å²) in [6.07, 6.45) is 6.49. The van der Waals surface area contributed by atoms with Crippen LogP contribution in [0.1, 0.15) is 38.4 Å². The second-order valence-electron chi connectivity index (χ2n) is 4.49. The Bertz CT molecular complexity index is 307. The first kappa shape index (κ1) is 10.6. The van der Waals surface area contributed by atoms with Crippen molar-refractivity contribution in [2.45, 2.75) is 38.0 Å². The summed E-state index contributed by atoms with van der Waals surface area (Å²) >= 11 is 0. The van der Waals surface area contributed by atoms with Crippen LogP contribution in [-0.2, 0) is 12.5 Å². The fourth-order valence-electron chi connectivity index (χ4n) is 2.75. The molecule has 0 unspecified atom stereocenters. The second-order valence-corrected chi connectivity index (χ2v) is 4.49. The number of hydrogen-bond acceptors (Lipinski definition) is 3. The lowest BCUT2D eigenvalue weighted by Crippen LogP contribution is -2.41. The third kappa shape index (κ3) is 1.91. The Kier molecular flexibility index (Phi) is 3.05. The fraction of sp³-hybridized carbons (Fsp3) is 0.818. The van der Waals surface area contributed by atoms with Crippen molar-refractivity contribution in [3.05, 3.63) is 12.2 Å². The van der Waals surface area contributed by atoms with Crippen molar-refractivity contribution in [1.29, 1.82) is 0 Å².